The maximum Gasteiger partial charge on any atom is 0.325 e. The molecule has 0 N–H and O–H groups in total. The van der Waals surface area contributed by atoms with Crippen LogP contribution in [0.25, 0.3) is 0 Å². The average molecular weight is 251 g/mol. The molecule has 0 radical (unpaired) electrons. The summed E-state index contributed by atoms with van der Waals surface area (Å²) >= 11 is 5.72. The number of ether oxygens (including phenoxy) is 2. The monoisotopic (exact) mass is 250 g/mol. The van der Waals surface area contributed by atoms with Gasteiger partial charge in [0.1, 0.15) is 5.60 Å². The molecule has 0 aromatic heterocycles. The Hall–Kier alpha value is -0.770. The van der Waals surface area contributed by atoms with E-state index in [-0.39, 0.29) is 12.3 Å². The van der Waals surface area contributed by atoms with Gasteiger partial charge in [-0.15, -0.1) is 11.6 Å². The molecule has 16 heavy (non-hydrogen) atoms. The minimum Gasteiger partial charge on any atom is -0.468 e. The number of hydrogen-bond donors (Lipinski definition) is 0. The molecule has 1 unspecified atom stereocenters. The summed E-state index contributed by atoms with van der Waals surface area (Å²) in [6.07, 6.45) is 0.248. The zero-order chi connectivity index (χ0) is 13.0. The molecule has 0 fully saturated rings. The van der Waals surface area contributed by atoms with Crippen LogP contribution in [0.1, 0.15) is 34.1 Å². The molecule has 5 heteroatoms. The number of hydrogen-bond acceptors (Lipinski definition) is 4. The molecule has 0 aromatic carbocycles. The summed E-state index contributed by atoms with van der Waals surface area (Å²) in [6, 6.07) is 0. The van der Waals surface area contributed by atoms with Crippen molar-refractivity contribution in [3.05, 3.63) is 0 Å². The van der Waals surface area contributed by atoms with Crippen LogP contribution in [0.15, 0.2) is 0 Å². The summed E-state index contributed by atoms with van der Waals surface area (Å²) in [6.45, 7) is 6.90. The molecule has 94 valence electrons. The van der Waals surface area contributed by atoms with Gasteiger partial charge in [0.25, 0.3) is 0 Å². The Morgan fingerprint density at radius 1 is 1.19 bits per heavy atom. The zero-order valence-electron chi connectivity index (χ0n) is 10.4. The summed E-state index contributed by atoms with van der Waals surface area (Å²) in [4.78, 5) is 23.6. The topological polar surface area (TPSA) is 52.6 Å². The maximum atomic E-state index is 11.9. The molecular weight excluding hydrogens is 232 g/mol. The molecule has 0 aliphatic rings. The second-order valence-corrected chi connectivity index (χ2v) is 4.83. The molecule has 0 heterocycles. The second-order valence-electron chi connectivity index (χ2n) is 4.56. The minimum absolute atomic E-state index is 0.148. The van der Waals surface area contributed by atoms with E-state index in [1.54, 1.807) is 27.7 Å². The Labute approximate surface area is 101 Å². The number of alkyl halides is 1. The van der Waals surface area contributed by atoms with Crippen molar-refractivity contribution in [1.29, 1.82) is 0 Å². The lowest BCUT2D eigenvalue weighted by atomic mass is 9.87. The summed E-state index contributed by atoms with van der Waals surface area (Å²) in [5, 5.41) is 0. The molecule has 0 aromatic rings. The lowest BCUT2D eigenvalue weighted by Crippen LogP contribution is -2.45. The van der Waals surface area contributed by atoms with E-state index < -0.39 is 23.0 Å². The molecule has 0 aliphatic heterocycles. The van der Waals surface area contributed by atoms with Gasteiger partial charge in [0, 0.05) is 5.88 Å². The quantitative estimate of drug-likeness (QED) is 0.436. The van der Waals surface area contributed by atoms with Gasteiger partial charge in [0.05, 0.1) is 7.11 Å². The van der Waals surface area contributed by atoms with E-state index in [4.69, 9.17) is 16.3 Å². The highest BCUT2D eigenvalue weighted by atomic mass is 35.5. The Morgan fingerprint density at radius 2 is 1.69 bits per heavy atom. The zero-order valence-corrected chi connectivity index (χ0v) is 11.2. The van der Waals surface area contributed by atoms with Crippen molar-refractivity contribution < 1.29 is 19.1 Å². The van der Waals surface area contributed by atoms with Crippen LogP contribution in [0.3, 0.4) is 0 Å². The third-order valence-corrected chi connectivity index (χ3v) is 2.65. The lowest BCUT2D eigenvalue weighted by Gasteiger charge is -2.29. The van der Waals surface area contributed by atoms with Crippen LogP contribution >= 0.6 is 11.6 Å². The molecule has 4 nitrogen and oxygen atoms in total. The van der Waals surface area contributed by atoms with Gasteiger partial charge in [0.2, 0.25) is 0 Å². The first-order chi connectivity index (χ1) is 7.23. The number of halogens is 1. The summed E-state index contributed by atoms with van der Waals surface area (Å²) in [5.41, 5.74) is -2.05. The third kappa shape index (κ3) is 3.37. The minimum atomic E-state index is -1.40. The molecule has 0 spiro atoms. The van der Waals surface area contributed by atoms with Crippen molar-refractivity contribution >= 4 is 23.5 Å². The van der Waals surface area contributed by atoms with Gasteiger partial charge in [-0.1, -0.05) is 6.92 Å². The fourth-order valence-electron chi connectivity index (χ4n) is 1.15. The van der Waals surface area contributed by atoms with Crippen LogP contribution < -0.4 is 0 Å². The van der Waals surface area contributed by atoms with Crippen LogP contribution in [-0.4, -0.2) is 30.5 Å². The van der Waals surface area contributed by atoms with E-state index in [2.05, 4.69) is 4.74 Å². The SMILES string of the molecule is CCC(CCl)(C(=O)OC)C(=O)OC(C)(C)C. The van der Waals surface area contributed by atoms with E-state index >= 15 is 0 Å². The first kappa shape index (κ1) is 15.2. The summed E-state index contributed by atoms with van der Waals surface area (Å²) in [7, 11) is 1.23. The van der Waals surface area contributed by atoms with Crippen LogP contribution in [0.5, 0.6) is 0 Å². The number of esters is 2. The Kier molecular flexibility index (Phi) is 5.26. The van der Waals surface area contributed by atoms with E-state index in [0.29, 0.717) is 0 Å². The van der Waals surface area contributed by atoms with Crippen molar-refractivity contribution in [2.45, 2.75) is 39.7 Å². The van der Waals surface area contributed by atoms with Crippen molar-refractivity contribution in [1.82, 2.24) is 0 Å². The summed E-state index contributed by atoms with van der Waals surface area (Å²) < 4.78 is 9.79. The Balaban J connectivity index is 5.05. The molecule has 0 rings (SSSR count). The fraction of sp³-hybridized carbons (Fsp3) is 0.818. The van der Waals surface area contributed by atoms with Gasteiger partial charge >= 0.3 is 11.9 Å². The number of methoxy groups -OCH3 is 1. The molecular formula is C11H19ClO4. The number of carbonyl (C=O) groups is 2. The smallest absolute Gasteiger partial charge is 0.325 e. The average Bonchev–Trinajstić information content (AvgIpc) is 2.17. The van der Waals surface area contributed by atoms with Gasteiger partial charge in [-0.2, -0.15) is 0 Å². The van der Waals surface area contributed by atoms with Gasteiger partial charge in [-0.25, -0.2) is 0 Å². The largest absolute Gasteiger partial charge is 0.468 e. The van der Waals surface area contributed by atoms with Crippen LogP contribution in [0.4, 0.5) is 0 Å². The Bertz CT molecular complexity index is 264. The van der Waals surface area contributed by atoms with Crippen LogP contribution in [-0.2, 0) is 19.1 Å². The van der Waals surface area contributed by atoms with Crippen LogP contribution in [0.2, 0.25) is 0 Å². The van der Waals surface area contributed by atoms with Crippen molar-refractivity contribution in [3.63, 3.8) is 0 Å². The van der Waals surface area contributed by atoms with Gasteiger partial charge in [0.15, 0.2) is 5.41 Å². The van der Waals surface area contributed by atoms with Gasteiger partial charge in [-0.05, 0) is 27.2 Å². The predicted octanol–water partition coefficient (Wildman–Crippen LogP) is 2.14. The van der Waals surface area contributed by atoms with Gasteiger partial charge in [-0.3, -0.25) is 9.59 Å². The Morgan fingerprint density at radius 3 is 1.94 bits per heavy atom. The lowest BCUT2D eigenvalue weighted by molar-refractivity contribution is -0.176. The molecule has 0 bridgehead atoms. The first-order valence-corrected chi connectivity index (χ1v) is 5.64. The van der Waals surface area contributed by atoms with E-state index in [1.807, 2.05) is 0 Å². The van der Waals surface area contributed by atoms with Crippen molar-refractivity contribution in [2.75, 3.05) is 13.0 Å². The fourth-order valence-corrected chi connectivity index (χ4v) is 1.55. The van der Waals surface area contributed by atoms with E-state index in [9.17, 15) is 9.59 Å². The number of carbonyl (C=O) groups excluding carboxylic acids is 2. The highest BCUT2D eigenvalue weighted by Gasteiger charge is 2.47. The highest BCUT2D eigenvalue weighted by molar-refractivity contribution is 6.22. The normalized spacial score (nSPS) is 15.1. The van der Waals surface area contributed by atoms with Crippen LogP contribution in [0, 0.1) is 5.41 Å². The maximum absolute atomic E-state index is 11.9. The van der Waals surface area contributed by atoms with E-state index in [1.165, 1.54) is 7.11 Å². The molecule has 0 saturated heterocycles. The van der Waals surface area contributed by atoms with Crippen molar-refractivity contribution in [3.8, 4) is 0 Å². The predicted molar refractivity (Wildman–Crippen MR) is 61.3 cm³/mol. The standard InChI is InChI=1S/C11H19ClO4/c1-6-11(7-12,8(13)15-5)9(14)16-10(2,3)4/h6-7H2,1-5H3. The van der Waals surface area contributed by atoms with Gasteiger partial charge < -0.3 is 9.47 Å². The third-order valence-electron chi connectivity index (χ3n) is 2.20. The second kappa shape index (κ2) is 5.53. The first-order valence-electron chi connectivity index (χ1n) is 5.11. The van der Waals surface area contributed by atoms with E-state index in [0.717, 1.165) is 0 Å². The molecule has 0 aliphatic carbocycles. The summed E-state index contributed by atoms with van der Waals surface area (Å²) in [5.74, 6) is -1.44. The van der Waals surface area contributed by atoms with Crippen molar-refractivity contribution in [2.24, 2.45) is 5.41 Å². The molecule has 1 atom stereocenters. The number of rotatable bonds is 4. The highest BCUT2D eigenvalue weighted by Crippen LogP contribution is 2.29. The molecule has 0 amide bonds. The molecule has 0 saturated carbocycles.